The molecule has 0 saturated heterocycles. The molecule has 1 aliphatic rings. The van der Waals surface area contributed by atoms with Crippen molar-refractivity contribution in [2.24, 2.45) is 11.8 Å². The second-order valence-electron chi connectivity index (χ2n) is 5.89. The Labute approximate surface area is 113 Å². The Bertz CT molecular complexity index is 211. The van der Waals surface area contributed by atoms with E-state index in [2.05, 4.69) is 31.1 Å². The first kappa shape index (κ1) is 15.9. The molecule has 2 N–H and O–H groups in total. The van der Waals surface area contributed by atoms with Crippen molar-refractivity contribution >= 4 is 0 Å². The lowest BCUT2D eigenvalue weighted by atomic mass is 9.76. The van der Waals surface area contributed by atoms with Crippen LogP contribution in [0.1, 0.15) is 46.0 Å². The van der Waals surface area contributed by atoms with Gasteiger partial charge >= 0.3 is 0 Å². The van der Waals surface area contributed by atoms with Crippen LogP contribution < -0.4 is 5.32 Å². The average Bonchev–Trinajstić information content (AvgIpc) is 2.37. The highest BCUT2D eigenvalue weighted by atomic mass is 16.3. The standard InChI is InChI=1S/C15H32N2O/c1-4-8-16-15-7-6-13(5-2)11-14(15)12-17(3)9-10-18/h13-16,18H,4-12H2,1-3H3. The Balaban J connectivity index is 2.47. The molecule has 0 bridgehead atoms. The topological polar surface area (TPSA) is 35.5 Å². The molecule has 0 amide bonds. The molecule has 108 valence electrons. The molecule has 1 aliphatic carbocycles. The molecule has 3 heteroatoms. The smallest absolute Gasteiger partial charge is 0.0558 e. The first-order valence-electron chi connectivity index (χ1n) is 7.74. The zero-order chi connectivity index (χ0) is 13.4. The molecule has 0 heterocycles. The van der Waals surface area contributed by atoms with Crippen molar-refractivity contribution in [3.8, 4) is 0 Å². The number of aliphatic hydroxyl groups excluding tert-OH is 1. The van der Waals surface area contributed by atoms with Gasteiger partial charge in [0.1, 0.15) is 0 Å². The van der Waals surface area contributed by atoms with E-state index in [1.807, 2.05) is 0 Å². The van der Waals surface area contributed by atoms with E-state index in [9.17, 15) is 0 Å². The predicted molar refractivity (Wildman–Crippen MR) is 77.8 cm³/mol. The molecule has 1 fully saturated rings. The SMILES string of the molecule is CCCNC1CCC(CC)CC1CN(C)CCO. The van der Waals surface area contributed by atoms with Gasteiger partial charge in [-0.1, -0.05) is 20.3 Å². The van der Waals surface area contributed by atoms with Crippen molar-refractivity contribution in [1.82, 2.24) is 10.2 Å². The fourth-order valence-corrected chi connectivity index (χ4v) is 3.19. The van der Waals surface area contributed by atoms with Gasteiger partial charge in [-0.2, -0.15) is 0 Å². The summed E-state index contributed by atoms with van der Waals surface area (Å²) in [6.07, 6.45) is 6.61. The van der Waals surface area contributed by atoms with E-state index in [1.165, 1.54) is 32.1 Å². The predicted octanol–water partition coefficient (Wildman–Crippen LogP) is 2.11. The number of likely N-dealkylation sites (N-methyl/N-ethyl adjacent to an activating group) is 1. The molecule has 0 aromatic rings. The van der Waals surface area contributed by atoms with E-state index < -0.39 is 0 Å². The lowest BCUT2D eigenvalue weighted by Gasteiger charge is -2.38. The van der Waals surface area contributed by atoms with Crippen molar-refractivity contribution in [3.63, 3.8) is 0 Å². The number of hydrogen-bond donors (Lipinski definition) is 2. The zero-order valence-corrected chi connectivity index (χ0v) is 12.5. The lowest BCUT2D eigenvalue weighted by Crippen LogP contribution is -2.45. The Morgan fingerprint density at radius 2 is 2.06 bits per heavy atom. The van der Waals surface area contributed by atoms with Gasteiger partial charge in [-0.15, -0.1) is 0 Å². The van der Waals surface area contributed by atoms with Crippen molar-refractivity contribution in [3.05, 3.63) is 0 Å². The van der Waals surface area contributed by atoms with Crippen LogP contribution in [0.5, 0.6) is 0 Å². The third-order valence-corrected chi connectivity index (χ3v) is 4.35. The van der Waals surface area contributed by atoms with Crippen molar-refractivity contribution in [1.29, 1.82) is 0 Å². The molecular formula is C15H32N2O. The monoisotopic (exact) mass is 256 g/mol. The Morgan fingerprint density at radius 3 is 2.67 bits per heavy atom. The zero-order valence-electron chi connectivity index (χ0n) is 12.5. The second-order valence-corrected chi connectivity index (χ2v) is 5.89. The molecule has 3 unspecified atom stereocenters. The molecule has 3 nitrogen and oxygen atoms in total. The van der Waals surface area contributed by atoms with Gasteiger partial charge in [0.2, 0.25) is 0 Å². The van der Waals surface area contributed by atoms with Gasteiger partial charge in [-0.25, -0.2) is 0 Å². The van der Waals surface area contributed by atoms with Crippen LogP contribution >= 0.6 is 0 Å². The highest BCUT2D eigenvalue weighted by Gasteiger charge is 2.29. The van der Waals surface area contributed by atoms with Gasteiger partial charge in [0.15, 0.2) is 0 Å². The summed E-state index contributed by atoms with van der Waals surface area (Å²) in [5.74, 6) is 1.67. The van der Waals surface area contributed by atoms with E-state index in [-0.39, 0.29) is 6.61 Å². The first-order chi connectivity index (χ1) is 8.71. The van der Waals surface area contributed by atoms with Gasteiger partial charge < -0.3 is 15.3 Å². The second kappa shape index (κ2) is 8.89. The minimum Gasteiger partial charge on any atom is -0.395 e. The molecule has 0 spiro atoms. The normalized spacial score (nSPS) is 28.8. The molecule has 3 atom stereocenters. The first-order valence-corrected chi connectivity index (χ1v) is 7.74. The minimum absolute atomic E-state index is 0.271. The average molecular weight is 256 g/mol. The number of aliphatic hydroxyl groups is 1. The molecule has 18 heavy (non-hydrogen) atoms. The minimum atomic E-state index is 0.271. The quantitative estimate of drug-likeness (QED) is 0.698. The van der Waals surface area contributed by atoms with Crippen molar-refractivity contribution < 1.29 is 5.11 Å². The summed E-state index contributed by atoms with van der Waals surface area (Å²) in [4.78, 5) is 2.28. The summed E-state index contributed by atoms with van der Waals surface area (Å²) in [5, 5.41) is 12.7. The van der Waals surface area contributed by atoms with E-state index in [0.717, 1.165) is 31.5 Å². The van der Waals surface area contributed by atoms with E-state index >= 15 is 0 Å². The maximum atomic E-state index is 9.01. The van der Waals surface area contributed by atoms with Crippen LogP contribution in [0.25, 0.3) is 0 Å². The highest BCUT2D eigenvalue weighted by molar-refractivity contribution is 4.86. The molecule has 0 radical (unpaired) electrons. The van der Waals surface area contributed by atoms with Gasteiger partial charge in [0, 0.05) is 19.1 Å². The Morgan fingerprint density at radius 1 is 1.28 bits per heavy atom. The van der Waals surface area contributed by atoms with E-state index in [1.54, 1.807) is 0 Å². The largest absolute Gasteiger partial charge is 0.395 e. The summed E-state index contributed by atoms with van der Waals surface area (Å²) < 4.78 is 0. The van der Waals surface area contributed by atoms with E-state index in [0.29, 0.717) is 6.04 Å². The molecule has 1 rings (SSSR count). The Hall–Kier alpha value is -0.120. The van der Waals surface area contributed by atoms with Gasteiger partial charge in [0.25, 0.3) is 0 Å². The van der Waals surface area contributed by atoms with Crippen LogP contribution in [-0.4, -0.2) is 49.3 Å². The van der Waals surface area contributed by atoms with Crippen molar-refractivity contribution in [2.75, 3.05) is 33.3 Å². The van der Waals surface area contributed by atoms with Crippen LogP contribution in [0, 0.1) is 11.8 Å². The maximum Gasteiger partial charge on any atom is 0.0558 e. The van der Waals surface area contributed by atoms with Crippen LogP contribution in [0.3, 0.4) is 0 Å². The summed E-state index contributed by atoms with van der Waals surface area (Å²) in [6, 6.07) is 0.689. The Kier molecular flexibility index (Phi) is 7.87. The third-order valence-electron chi connectivity index (χ3n) is 4.35. The van der Waals surface area contributed by atoms with E-state index in [4.69, 9.17) is 5.11 Å². The number of nitrogens with zero attached hydrogens (tertiary/aromatic N) is 1. The molecule has 0 aliphatic heterocycles. The van der Waals surface area contributed by atoms with Crippen LogP contribution in [-0.2, 0) is 0 Å². The van der Waals surface area contributed by atoms with Gasteiger partial charge in [-0.05, 0) is 51.1 Å². The fourth-order valence-electron chi connectivity index (χ4n) is 3.19. The van der Waals surface area contributed by atoms with Gasteiger partial charge in [-0.3, -0.25) is 0 Å². The fraction of sp³-hybridized carbons (Fsp3) is 1.00. The third kappa shape index (κ3) is 5.25. The highest BCUT2D eigenvalue weighted by Crippen LogP contribution is 2.31. The summed E-state index contributed by atoms with van der Waals surface area (Å²) >= 11 is 0. The van der Waals surface area contributed by atoms with Gasteiger partial charge in [0.05, 0.1) is 6.61 Å². The molecule has 0 aromatic carbocycles. The van der Waals surface area contributed by atoms with Crippen LogP contribution in [0.4, 0.5) is 0 Å². The summed E-state index contributed by atoms with van der Waals surface area (Å²) in [7, 11) is 2.13. The van der Waals surface area contributed by atoms with Crippen molar-refractivity contribution in [2.45, 2.75) is 52.0 Å². The molecule has 1 saturated carbocycles. The van der Waals surface area contributed by atoms with Crippen LogP contribution in [0.15, 0.2) is 0 Å². The molecule has 0 aromatic heterocycles. The molecular weight excluding hydrogens is 224 g/mol. The van der Waals surface area contributed by atoms with Crippen LogP contribution in [0.2, 0.25) is 0 Å². The number of nitrogens with one attached hydrogen (secondary N) is 1. The number of rotatable bonds is 8. The summed E-state index contributed by atoms with van der Waals surface area (Å²) in [6.45, 7) is 7.89. The lowest BCUT2D eigenvalue weighted by molar-refractivity contribution is 0.137. The summed E-state index contributed by atoms with van der Waals surface area (Å²) in [5.41, 5.74) is 0. The number of hydrogen-bond acceptors (Lipinski definition) is 3. The maximum absolute atomic E-state index is 9.01.